The van der Waals surface area contributed by atoms with E-state index in [2.05, 4.69) is 24.2 Å². The summed E-state index contributed by atoms with van der Waals surface area (Å²) in [7, 11) is 0. The SMILES string of the molecule is CC(C)C1CCCN(CC(C)(C)C(=O)NN)CC1. The van der Waals surface area contributed by atoms with Gasteiger partial charge in [-0.3, -0.25) is 10.2 Å². The fraction of sp³-hybridized carbons (Fsp3) is 0.929. The van der Waals surface area contributed by atoms with Gasteiger partial charge in [0, 0.05) is 6.54 Å². The highest BCUT2D eigenvalue weighted by Gasteiger charge is 2.30. The Hall–Kier alpha value is -0.610. The van der Waals surface area contributed by atoms with E-state index in [1.54, 1.807) is 0 Å². The molecule has 1 atom stereocenters. The van der Waals surface area contributed by atoms with Crippen LogP contribution in [0.25, 0.3) is 0 Å². The maximum absolute atomic E-state index is 11.7. The van der Waals surface area contributed by atoms with Gasteiger partial charge in [-0.2, -0.15) is 0 Å². The number of hydrogen-bond acceptors (Lipinski definition) is 3. The first-order valence-electron chi connectivity index (χ1n) is 7.10. The Kier molecular flexibility index (Phi) is 5.60. The molecule has 1 heterocycles. The fourth-order valence-electron chi connectivity index (χ4n) is 2.83. The highest BCUT2D eigenvalue weighted by molar-refractivity contribution is 5.81. The molecule has 1 saturated heterocycles. The van der Waals surface area contributed by atoms with E-state index >= 15 is 0 Å². The van der Waals surface area contributed by atoms with Crippen LogP contribution < -0.4 is 11.3 Å². The molecule has 0 bridgehead atoms. The highest BCUT2D eigenvalue weighted by atomic mass is 16.2. The van der Waals surface area contributed by atoms with E-state index in [4.69, 9.17) is 5.84 Å². The third-order valence-corrected chi connectivity index (χ3v) is 4.17. The molecule has 0 spiro atoms. The van der Waals surface area contributed by atoms with Gasteiger partial charge in [-0.15, -0.1) is 0 Å². The van der Waals surface area contributed by atoms with Crippen molar-refractivity contribution in [1.82, 2.24) is 10.3 Å². The van der Waals surface area contributed by atoms with Crippen LogP contribution in [0.1, 0.15) is 47.0 Å². The monoisotopic (exact) mass is 255 g/mol. The van der Waals surface area contributed by atoms with Crippen molar-refractivity contribution in [3.8, 4) is 0 Å². The Labute approximate surface area is 111 Å². The van der Waals surface area contributed by atoms with Crippen LogP contribution in [-0.2, 0) is 4.79 Å². The molecular weight excluding hydrogens is 226 g/mol. The predicted octanol–water partition coefficient (Wildman–Crippen LogP) is 1.76. The third kappa shape index (κ3) is 4.25. The van der Waals surface area contributed by atoms with Gasteiger partial charge in [0.05, 0.1) is 5.41 Å². The van der Waals surface area contributed by atoms with Crippen LogP contribution >= 0.6 is 0 Å². The van der Waals surface area contributed by atoms with E-state index < -0.39 is 5.41 Å². The van der Waals surface area contributed by atoms with Gasteiger partial charge in [0.25, 0.3) is 0 Å². The Morgan fingerprint density at radius 1 is 1.39 bits per heavy atom. The standard InChI is InChI=1S/C14H29N3O/c1-11(2)12-6-5-8-17(9-7-12)10-14(3,4)13(18)16-15/h11-12H,5-10,15H2,1-4H3,(H,16,18). The minimum atomic E-state index is -0.410. The topological polar surface area (TPSA) is 58.4 Å². The van der Waals surface area contributed by atoms with E-state index in [1.807, 2.05) is 13.8 Å². The van der Waals surface area contributed by atoms with Crippen molar-refractivity contribution in [2.75, 3.05) is 19.6 Å². The molecule has 0 aromatic rings. The zero-order valence-electron chi connectivity index (χ0n) is 12.3. The first-order chi connectivity index (χ1) is 8.36. The lowest BCUT2D eigenvalue weighted by atomic mass is 9.89. The van der Waals surface area contributed by atoms with Crippen molar-refractivity contribution >= 4 is 5.91 Å². The lowest BCUT2D eigenvalue weighted by molar-refractivity contribution is -0.130. The van der Waals surface area contributed by atoms with E-state index in [1.165, 1.54) is 19.3 Å². The Bertz CT molecular complexity index is 276. The summed E-state index contributed by atoms with van der Waals surface area (Å²) < 4.78 is 0. The second kappa shape index (κ2) is 6.53. The van der Waals surface area contributed by atoms with Crippen molar-refractivity contribution < 1.29 is 4.79 Å². The lowest BCUT2D eigenvalue weighted by Crippen LogP contribution is -2.47. The average Bonchev–Trinajstić information content (AvgIpc) is 2.53. The molecule has 0 saturated carbocycles. The van der Waals surface area contributed by atoms with Crippen LogP contribution in [0.4, 0.5) is 0 Å². The van der Waals surface area contributed by atoms with Crippen molar-refractivity contribution in [3.63, 3.8) is 0 Å². The van der Waals surface area contributed by atoms with Gasteiger partial charge in [0.15, 0.2) is 0 Å². The fourth-order valence-corrected chi connectivity index (χ4v) is 2.83. The van der Waals surface area contributed by atoms with Crippen molar-refractivity contribution in [1.29, 1.82) is 0 Å². The van der Waals surface area contributed by atoms with E-state index in [0.29, 0.717) is 0 Å². The number of nitrogens with two attached hydrogens (primary N) is 1. The predicted molar refractivity (Wildman–Crippen MR) is 74.7 cm³/mol. The summed E-state index contributed by atoms with van der Waals surface area (Å²) >= 11 is 0. The van der Waals surface area contributed by atoms with Gasteiger partial charge >= 0.3 is 0 Å². The molecule has 0 radical (unpaired) electrons. The first-order valence-corrected chi connectivity index (χ1v) is 7.10. The highest BCUT2D eigenvalue weighted by Crippen LogP contribution is 2.26. The summed E-state index contributed by atoms with van der Waals surface area (Å²) in [6, 6.07) is 0. The maximum atomic E-state index is 11.7. The number of carbonyl (C=O) groups is 1. The lowest BCUT2D eigenvalue weighted by Gasteiger charge is -2.30. The van der Waals surface area contributed by atoms with Gasteiger partial charge in [0.2, 0.25) is 5.91 Å². The normalized spacial score (nSPS) is 22.9. The van der Waals surface area contributed by atoms with E-state index in [0.717, 1.165) is 31.5 Å². The summed E-state index contributed by atoms with van der Waals surface area (Å²) in [5, 5.41) is 0. The maximum Gasteiger partial charge on any atom is 0.240 e. The summed E-state index contributed by atoms with van der Waals surface area (Å²) in [6.45, 7) is 11.5. The molecule has 4 heteroatoms. The zero-order valence-corrected chi connectivity index (χ0v) is 12.3. The number of carbonyl (C=O) groups excluding carboxylic acids is 1. The molecular formula is C14H29N3O. The van der Waals surface area contributed by atoms with Crippen LogP contribution in [-0.4, -0.2) is 30.4 Å². The Morgan fingerprint density at radius 2 is 2.06 bits per heavy atom. The van der Waals surface area contributed by atoms with Crippen molar-refractivity contribution in [2.24, 2.45) is 23.1 Å². The van der Waals surface area contributed by atoms with Crippen LogP contribution in [0.3, 0.4) is 0 Å². The number of hydrazine groups is 1. The molecule has 1 aliphatic heterocycles. The summed E-state index contributed by atoms with van der Waals surface area (Å²) in [5.74, 6) is 6.76. The van der Waals surface area contributed by atoms with Crippen LogP contribution in [0, 0.1) is 17.3 Å². The average molecular weight is 255 g/mol. The quantitative estimate of drug-likeness (QED) is 0.457. The number of rotatable bonds is 4. The molecule has 0 aliphatic carbocycles. The van der Waals surface area contributed by atoms with Crippen LogP contribution in [0.2, 0.25) is 0 Å². The zero-order chi connectivity index (χ0) is 13.8. The van der Waals surface area contributed by atoms with Crippen LogP contribution in [0.15, 0.2) is 0 Å². The van der Waals surface area contributed by atoms with Crippen molar-refractivity contribution in [3.05, 3.63) is 0 Å². The Morgan fingerprint density at radius 3 is 2.61 bits per heavy atom. The summed E-state index contributed by atoms with van der Waals surface area (Å²) in [6.07, 6.45) is 3.80. The third-order valence-electron chi connectivity index (χ3n) is 4.17. The molecule has 0 aromatic heterocycles. The molecule has 0 aromatic carbocycles. The second-order valence-electron chi connectivity index (χ2n) is 6.57. The molecule has 4 nitrogen and oxygen atoms in total. The second-order valence-corrected chi connectivity index (χ2v) is 6.57. The molecule has 1 rings (SSSR count). The molecule has 1 fully saturated rings. The summed E-state index contributed by atoms with van der Waals surface area (Å²) in [4.78, 5) is 14.1. The van der Waals surface area contributed by atoms with E-state index in [-0.39, 0.29) is 5.91 Å². The van der Waals surface area contributed by atoms with E-state index in [9.17, 15) is 4.79 Å². The summed E-state index contributed by atoms with van der Waals surface area (Å²) in [5.41, 5.74) is 1.86. The smallest absolute Gasteiger partial charge is 0.240 e. The van der Waals surface area contributed by atoms with Gasteiger partial charge < -0.3 is 4.90 Å². The number of nitrogens with zero attached hydrogens (tertiary/aromatic N) is 1. The first kappa shape index (κ1) is 15.4. The van der Waals surface area contributed by atoms with Gasteiger partial charge in [-0.25, -0.2) is 5.84 Å². The number of amides is 1. The van der Waals surface area contributed by atoms with Gasteiger partial charge in [-0.05, 0) is 58.0 Å². The minimum Gasteiger partial charge on any atom is -0.302 e. The number of likely N-dealkylation sites (tertiary alicyclic amines) is 1. The molecule has 1 unspecified atom stereocenters. The number of nitrogens with one attached hydrogen (secondary N) is 1. The molecule has 1 aliphatic rings. The van der Waals surface area contributed by atoms with Crippen LogP contribution in [0.5, 0.6) is 0 Å². The molecule has 3 N–H and O–H groups in total. The van der Waals surface area contributed by atoms with Gasteiger partial charge in [0.1, 0.15) is 0 Å². The Balaban J connectivity index is 2.51. The number of hydrogen-bond donors (Lipinski definition) is 2. The molecule has 18 heavy (non-hydrogen) atoms. The minimum absolute atomic E-state index is 0.0767. The van der Waals surface area contributed by atoms with Gasteiger partial charge in [-0.1, -0.05) is 13.8 Å². The molecule has 106 valence electrons. The largest absolute Gasteiger partial charge is 0.302 e. The van der Waals surface area contributed by atoms with Crippen molar-refractivity contribution in [2.45, 2.75) is 47.0 Å². The molecule has 1 amide bonds.